The predicted molar refractivity (Wildman–Crippen MR) is 125 cm³/mol. The molecule has 3 aromatic rings. The molecule has 0 saturated heterocycles. The number of allylic oxidation sites excluding steroid dienone is 1. The minimum atomic E-state index is -0.484. The topological polar surface area (TPSA) is 111 Å². The van der Waals surface area contributed by atoms with Gasteiger partial charge in [0.1, 0.15) is 12.4 Å². The minimum Gasteiger partial charge on any atom is -0.504 e. The van der Waals surface area contributed by atoms with Crippen LogP contribution in [0.3, 0.4) is 0 Å². The average Bonchev–Trinajstić information content (AvgIpc) is 2.79. The Kier molecular flexibility index (Phi) is 7.07. The van der Waals surface area contributed by atoms with Crippen LogP contribution in [-0.4, -0.2) is 36.0 Å². The smallest absolute Gasteiger partial charge is 0.269 e. The summed E-state index contributed by atoms with van der Waals surface area (Å²) in [6, 6.07) is 12.3. The first-order valence-electron chi connectivity index (χ1n) is 10.1. The number of hydrogen-bond acceptors (Lipinski definition) is 7. The monoisotopic (exact) mass is 451 g/mol. The van der Waals surface area contributed by atoms with Crippen molar-refractivity contribution >= 4 is 5.69 Å². The Bertz CT molecular complexity index is 1200. The lowest BCUT2D eigenvalue weighted by molar-refractivity contribution is -0.384. The standard InChI is InChI=1S/C25H25NO7/c1-15(2)11-12-33-21-10-7-17(13-20(21)27)23-22(31-3)14-19(25(32-4)24(23)28)16-5-8-18(9-6-16)26(29)30/h5-11,13-14,27-28H,12H2,1-4H3. The molecule has 0 radical (unpaired) electrons. The maximum absolute atomic E-state index is 11.1. The summed E-state index contributed by atoms with van der Waals surface area (Å²) >= 11 is 0. The SMILES string of the molecule is COc1cc(-c2ccc([N+](=O)[O-])cc2)c(OC)c(O)c1-c1ccc(OCC=C(C)C)c(O)c1. The third-order valence-corrected chi connectivity index (χ3v) is 5.01. The fourth-order valence-electron chi connectivity index (χ4n) is 3.34. The highest BCUT2D eigenvalue weighted by Crippen LogP contribution is 2.50. The van der Waals surface area contributed by atoms with Crippen LogP contribution >= 0.6 is 0 Å². The van der Waals surface area contributed by atoms with Gasteiger partial charge in [0, 0.05) is 17.7 Å². The molecule has 0 heterocycles. The van der Waals surface area contributed by atoms with Gasteiger partial charge in [-0.05, 0) is 61.4 Å². The molecular weight excluding hydrogens is 426 g/mol. The Morgan fingerprint density at radius 1 is 0.970 bits per heavy atom. The number of benzene rings is 3. The molecule has 0 saturated carbocycles. The molecule has 0 spiro atoms. The van der Waals surface area contributed by atoms with E-state index in [1.165, 1.54) is 32.4 Å². The highest BCUT2D eigenvalue weighted by atomic mass is 16.6. The van der Waals surface area contributed by atoms with Crippen molar-refractivity contribution in [2.24, 2.45) is 0 Å². The molecule has 8 heteroatoms. The molecule has 172 valence electrons. The van der Waals surface area contributed by atoms with E-state index < -0.39 is 4.92 Å². The van der Waals surface area contributed by atoms with E-state index in [1.807, 2.05) is 19.9 Å². The largest absolute Gasteiger partial charge is 0.504 e. The van der Waals surface area contributed by atoms with Crippen molar-refractivity contribution in [3.63, 3.8) is 0 Å². The lowest BCUT2D eigenvalue weighted by atomic mass is 9.96. The molecule has 0 amide bonds. The van der Waals surface area contributed by atoms with Gasteiger partial charge < -0.3 is 24.4 Å². The summed E-state index contributed by atoms with van der Waals surface area (Å²) in [6.07, 6.45) is 1.89. The maximum Gasteiger partial charge on any atom is 0.269 e. The van der Waals surface area contributed by atoms with Crippen molar-refractivity contribution < 1.29 is 29.3 Å². The lowest BCUT2D eigenvalue weighted by Gasteiger charge is -2.18. The molecule has 0 aliphatic rings. The summed E-state index contributed by atoms with van der Waals surface area (Å²) in [5.41, 5.74) is 2.96. The fraction of sp³-hybridized carbons (Fsp3) is 0.200. The summed E-state index contributed by atoms with van der Waals surface area (Å²) in [7, 11) is 2.87. The third-order valence-electron chi connectivity index (χ3n) is 5.01. The first-order chi connectivity index (χ1) is 15.8. The van der Waals surface area contributed by atoms with Gasteiger partial charge in [0.15, 0.2) is 23.0 Å². The average molecular weight is 451 g/mol. The number of nitro benzene ring substituents is 1. The molecule has 0 aliphatic heterocycles. The number of hydrogen-bond donors (Lipinski definition) is 2. The molecular formula is C25H25NO7. The highest BCUT2D eigenvalue weighted by molar-refractivity contribution is 5.88. The van der Waals surface area contributed by atoms with Crippen LogP contribution in [0.15, 0.2) is 60.2 Å². The number of non-ortho nitro benzene ring substituents is 1. The number of rotatable bonds is 8. The Morgan fingerprint density at radius 3 is 2.18 bits per heavy atom. The van der Waals surface area contributed by atoms with Crippen LogP contribution in [0.1, 0.15) is 13.8 Å². The molecule has 0 bridgehead atoms. The van der Waals surface area contributed by atoms with Crippen molar-refractivity contribution in [3.8, 4) is 51.0 Å². The fourth-order valence-corrected chi connectivity index (χ4v) is 3.34. The quantitative estimate of drug-likeness (QED) is 0.257. The number of nitrogens with zero attached hydrogens (tertiary/aromatic N) is 1. The summed E-state index contributed by atoms with van der Waals surface area (Å²) < 4.78 is 16.6. The van der Waals surface area contributed by atoms with E-state index in [2.05, 4.69) is 0 Å². The van der Waals surface area contributed by atoms with Crippen molar-refractivity contribution in [2.45, 2.75) is 13.8 Å². The van der Waals surface area contributed by atoms with E-state index in [9.17, 15) is 20.3 Å². The van der Waals surface area contributed by atoms with Gasteiger partial charge >= 0.3 is 0 Å². The second-order valence-corrected chi connectivity index (χ2v) is 7.46. The molecule has 2 N–H and O–H groups in total. The zero-order chi connectivity index (χ0) is 24.1. The van der Waals surface area contributed by atoms with Crippen LogP contribution in [0, 0.1) is 10.1 Å². The summed E-state index contributed by atoms with van der Waals surface area (Å²) in [4.78, 5) is 10.5. The maximum atomic E-state index is 11.1. The van der Waals surface area contributed by atoms with E-state index in [0.29, 0.717) is 40.4 Å². The minimum absolute atomic E-state index is 0.0482. The van der Waals surface area contributed by atoms with Gasteiger partial charge in [0.2, 0.25) is 0 Å². The van der Waals surface area contributed by atoms with E-state index in [4.69, 9.17) is 14.2 Å². The molecule has 0 atom stereocenters. The second kappa shape index (κ2) is 9.95. The Balaban J connectivity index is 2.07. The van der Waals surface area contributed by atoms with Gasteiger partial charge in [-0.25, -0.2) is 0 Å². The van der Waals surface area contributed by atoms with Crippen LogP contribution in [0.4, 0.5) is 5.69 Å². The molecule has 0 unspecified atom stereocenters. The number of ether oxygens (including phenoxy) is 3. The summed E-state index contributed by atoms with van der Waals surface area (Å²) in [5.74, 6) is 0.531. The molecule has 33 heavy (non-hydrogen) atoms. The van der Waals surface area contributed by atoms with Crippen LogP contribution in [-0.2, 0) is 0 Å². The Hall–Kier alpha value is -4.20. The third kappa shape index (κ3) is 5.01. The highest BCUT2D eigenvalue weighted by Gasteiger charge is 2.23. The molecule has 0 fully saturated rings. The molecule has 0 aliphatic carbocycles. The number of nitro groups is 1. The van der Waals surface area contributed by atoms with E-state index in [-0.39, 0.29) is 22.9 Å². The zero-order valence-electron chi connectivity index (χ0n) is 18.8. The Labute approximate surface area is 191 Å². The first kappa shape index (κ1) is 23.5. The number of phenolic OH excluding ortho intramolecular Hbond substituents is 2. The Morgan fingerprint density at radius 2 is 1.64 bits per heavy atom. The van der Waals surface area contributed by atoms with E-state index >= 15 is 0 Å². The van der Waals surface area contributed by atoms with Crippen molar-refractivity contribution in [2.75, 3.05) is 20.8 Å². The van der Waals surface area contributed by atoms with Gasteiger partial charge in [-0.1, -0.05) is 11.6 Å². The first-order valence-corrected chi connectivity index (χ1v) is 10.1. The molecule has 3 rings (SSSR count). The van der Waals surface area contributed by atoms with Gasteiger partial charge in [0.25, 0.3) is 5.69 Å². The van der Waals surface area contributed by atoms with Crippen LogP contribution in [0.5, 0.6) is 28.7 Å². The van der Waals surface area contributed by atoms with E-state index in [0.717, 1.165) is 5.57 Å². The second-order valence-electron chi connectivity index (χ2n) is 7.46. The van der Waals surface area contributed by atoms with Crippen LogP contribution in [0.2, 0.25) is 0 Å². The van der Waals surface area contributed by atoms with Gasteiger partial charge in [-0.15, -0.1) is 0 Å². The van der Waals surface area contributed by atoms with Crippen LogP contribution < -0.4 is 14.2 Å². The van der Waals surface area contributed by atoms with Crippen LogP contribution in [0.25, 0.3) is 22.3 Å². The lowest BCUT2D eigenvalue weighted by Crippen LogP contribution is -1.97. The van der Waals surface area contributed by atoms with Gasteiger partial charge in [0.05, 0.1) is 24.7 Å². The molecule has 8 nitrogen and oxygen atoms in total. The normalized spacial score (nSPS) is 10.4. The van der Waals surface area contributed by atoms with Gasteiger partial charge in [-0.2, -0.15) is 0 Å². The predicted octanol–water partition coefficient (Wildman–Crippen LogP) is 5.70. The molecule has 3 aromatic carbocycles. The number of phenols is 2. The number of aromatic hydroxyl groups is 2. The van der Waals surface area contributed by atoms with Crippen molar-refractivity contribution in [1.82, 2.24) is 0 Å². The van der Waals surface area contributed by atoms with Crippen molar-refractivity contribution in [3.05, 3.63) is 70.3 Å². The summed E-state index contributed by atoms with van der Waals surface area (Å²) in [6.45, 7) is 4.23. The number of methoxy groups -OCH3 is 2. The zero-order valence-corrected chi connectivity index (χ0v) is 18.8. The van der Waals surface area contributed by atoms with Crippen molar-refractivity contribution in [1.29, 1.82) is 0 Å². The molecule has 0 aromatic heterocycles. The van der Waals surface area contributed by atoms with E-state index in [1.54, 1.807) is 30.3 Å². The van der Waals surface area contributed by atoms with Gasteiger partial charge in [-0.3, -0.25) is 10.1 Å². The summed E-state index contributed by atoms with van der Waals surface area (Å²) in [5, 5.41) is 32.5.